The van der Waals surface area contributed by atoms with Crippen molar-refractivity contribution >= 4 is 27.5 Å². The molecular weight excluding hydrogens is 308 g/mol. The molecule has 3 aromatic rings. The Labute approximate surface area is 148 Å². The Morgan fingerprint density at radius 2 is 1.83 bits per heavy atom. The van der Waals surface area contributed by atoms with Gasteiger partial charge in [-0.15, -0.1) is 11.3 Å². The summed E-state index contributed by atoms with van der Waals surface area (Å²) in [6, 6.07) is 15.6. The van der Waals surface area contributed by atoms with Gasteiger partial charge < -0.3 is 0 Å². The quantitative estimate of drug-likeness (QED) is 0.432. The monoisotopic (exact) mass is 330 g/mol. The Hall–Kier alpha value is -2.12. The van der Waals surface area contributed by atoms with Gasteiger partial charge in [-0.05, 0) is 40.6 Å². The first kappa shape index (κ1) is 15.4. The topological polar surface area (TPSA) is 0 Å². The van der Waals surface area contributed by atoms with Gasteiger partial charge in [0, 0.05) is 21.4 Å². The predicted molar refractivity (Wildman–Crippen MR) is 107 cm³/mol. The van der Waals surface area contributed by atoms with Crippen LogP contribution in [0.4, 0.5) is 0 Å². The lowest BCUT2D eigenvalue weighted by Crippen LogP contribution is -2.21. The van der Waals surface area contributed by atoms with Gasteiger partial charge in [-0.25, -0.2) is 0 Å². The van der Waals surface area contributed by atoms with E-state index in [2.05, 4.69) is 82.0 Å². The zero-order chi connectivity index (χ0) is 16.9. The molecule has 1 aliphatic rings. The molecule has 4 rings (SSSR count). The van der Waals surface area contributed by atoms with Crippen LogP contribution in [0.3, 0.4) is 0 Å². The van der Waals surface area contributed by atoms with Crippen molar-refractivity contribution in [2.45, 2.75) is 32.6 Å². The van der Waals surface area contributed by atoms with E-state index in [-0.39, 0.29) is 5.41 Å². The second-order valence-corrected chi connectivity index (χ2v) is 8.39. The van der Waals surface area contributed by atoms with Gasteiger partial charge in [-0.2, -0.15) is 0 Å². The third-order valence-corrected chi connectivity index (χ3v) is 6.44. The van der Waals surface area contributed by atoms with Crippen molar-refractivity contribution in [3.8, 4) is 0 Å². The van der Waals surface area contributed by atoms with Crippen molar-refractivity contribution in [3.63, 3.8) is 0 Å². The van der Waals surface area contributed by atoms with E-state index in [0.29, 0.717) is 0 Å². The minimum atomic E-state index is -0.0538. The third-order valence-electron chi connectivity index (χ3n) is 5.25. The third kappa shape index (κ3) is 2.35. The van der Waals surface area contributed by atoms with Gasteiger partial charge in [0.05, 0.1) is 0 Å². The highest BCUT2D eigenvalue weighted by Crippen LogP contribution is 2.40. The molecule has 120 valence electrons. The Morgan fingerprint density at radius 3 is 2.67 bits per heavy atom. The fraction of sp³-hybridized carbons (Fsp3) is 0.217. The first-order valence-electron chi connectivity index (χ1n) is 8.44. The zero-order valence-electron chi connectivity index (χ0n) is 14.5. The average Bonchev–Trinajstić information content (AvgIpc) is 2.91. The maximum absolute atomic E-state index is 4.39. The summed E-state index contributed by atoms with van der Waals surface area (Å²) < 4.78 is 1.37. The molecule has 0 aliphatic heterocycles. The molecule has 1 heterocycles. The molecule has 0 radical (unpaired) electrons. The molecule has 0 spiro atoms. The van der Waals surface area contributed by atoms with E-state index in [1.165, 1.54) is 37.2 Å². The largest absolute Gasteiger partial charge is 0.139 e. The molecule has 0 saturated carbocycles. The molecule has 1 aliphatic carbocycles. The molecule has 0 amide bonds. The summed E-state index contributed by atoms with van der Waals surface area (Å²) in [5.74, 6) is 0. The van der Waals surface area contributed by atoms with E-state index in [4.69, 9.17) is 0 Å². The van der Waals surface area contributed by atoms with Crippen LogP contribution < -0.4 is 0 Å². The molecule has 24 heavy (non-hydrogen) atoms. The van der Waals surface area contributed by atoms with Crippen molar-refractivity contribution in [1.82, 2.24) is 0 Å². The first-order chi connectivity index (χ1) is 11.5. The van der Waals surface area contributed by atoms with Crippen LogP contribution >= 0.6 is 11.3 Å². The summed E-state index contributed by atoms with van der Waals surface area (Å²) in [6.45, 7) is 11.1. The molecule has 1 heteroatoms. The van der Waals surface area contributed by atoms with Gasteiger partial charge in [0.2, 0.25) is 0 Å². The number of hydrogen-bond donors (Lipinski definition) is 0. The molecule has 1 aromatic heterocycles. The first-order valence-corrected chi connectivity index (χ1v) is 9.26. The summed E-state index contributed by atoms with van der Waals surface area (Å²) in [4.78, 5) is 1.45. The smallest absolute Gasteiger partial charge is 0.0352 e. The number of fused-ring (bicyclic) bond motifs is 4. The Bertz CT molecular complexity index is 982. The molecule has 0 bridgehead atoms. The van der Waals surface area contributed by atoms with Gasteiger partial charge in [0.1, 0.15) is 0 Å². The highest BCUT2D eigenvalue weighted by molar-refractivity contribution is 7.19. The lowest BCUT2D eigenvalue weighted by atomic mass is 9.75. The SMILES string of the molecule is C=C1/C=C\c2c(sc3ccccc23)Cc2ccc(C)cc2C1(C)C. The van der Waals surface area contributed by atoms with Crippen LogP contribution in [0.2, 0.25) is 0 Å². The summed E-state index contributed by atoms with van der Waals surface area (Å²) >= 11 is 1.92. The van der Waals surface area contributed by atoms with E-state index in [1.807, 2.05) is 11.3 Å². The van der Waals surface area contributed by atoms with Gasteiger partial charge in [0.15, 0.2) is 0 Å². The van der Waals surface area contributed by atoms with Crippen LogP contribution in [0.1, 0.15) is 41.0 Å². The minimum Gasteiger partial charge on any atom is -0.139 e. The number of hydrogen-bond acceptors (Lipinski definition) is 1. The maximum Gasteiger partial charge on any atom is 0.0352 e. The van der Waals surface area contributed by atoms with E-state index in [0.717, 1.165) is 12.0 Å². The Morgan fingerprint density at radius 1 is 1.04 bits per heavy atom. The Kier molecular flexibility index (Phi) is 3.51. The summed E-state index contributed by atoms with van der Waals surface area (Å²) in [5, 5.41) is 1.36. The molecule has 0 N–H and O–H groups in total. The number of allylic oxidation sites excluding steroid dienone is 2. The molecule has 0 saturated heterocycles. The van der Waals surface area contributed by atoms with Crippen LogP contribution in [0.15, 0.2) is 60.7 Å². The summed E-state index contributed by atoms with van der Waals surface area (Å²) in [7, 11) is 0. The van der Waals surface area contributed by atoms with Crippen molar-refractivity contribution in [1.29, 1.82) is 0 Å². The van der Waals surface area contributed by atoms with Crippen LogP contribution in [-0.4, -0.2) is 0 Å². The second kappa shape index (κ2) is 5.46. The summed E-state index contributed by atoms with van der Waals surface area (Å²) in [6.07, 6.45) is 5.48. The number of rotatable bonds is 0. The summed E-state index contributed by atoms with van der Waals surface area (Å²) in [5.41, 5.74) is 6.61. The van der Waals surface area contributed by atoms with E-state index >= 15 is 0 Å². The van der Waals surface area contributed by atoms with Gasteiger partial charge in [-0.3, -0.25) is 0 Å². The second-order valence-electron chi connectivity index (χ2n) is 7.26. The van der Waals surface area contributed by atoms with E-state index in [1.54, 1.807) is 0 Å². The predicted octanol–water partition coefficient (Wildman–Crippen LogP) is 6.66. The molecule has 0 unspecified atom stereocenters. The molecule has 2 aromatic carbocycles. The van der Waals surface area contributed by atoms with E-state index < -0.39 is 0 Å². The molecular formula is C23H22S. The fourth-order valence-corrected chi connectivity index (χ4v) is 4.81. The standard InChI is InChI=1S/C23H22S/c1-15-9-11-17-14-22-19(18-7-5-6-8-21(18)24-22)12-10-16(2)23(3,4)20(17)13-15/h5-13H,2,14H2,1,3-4H3/b12-10-. The normalized spacial score (nSPS) is 17.5. The van der Waals surface area contributed by atoms with Crippen LogP contribution in [0, 0.1) is 6.92 Å². The maximum atomic E-state index is 4.39. The molecule has 0 nitrogen and oxygen atoms in total. The number of benzene rings is 2. The van der Waals surface area contributed by atoms with E-state index in [9.17, 15) is 0 Å². The lowest BCUT2D eigenvalue weighted by Gasteiger charge is -2.29. The van der Waals surface area contributed by atoms with Crippen LogP contribution in [-0.2, 0) is 11.8 Å². The van der Waals surface area contributed by atoms with Gasteiger partial charge >= 0.3 is 0 Å². The van der Waals surface area contributed by atoms with Crippen molar-refractivity contribution in [3.05, 3.63) is 87.8 Å². The van der Waals surface area contributed by atoms with Crippen molar-refractivity contribution < 1.29 is 0 Å². The minimum absolute atomic E-state index is 0.0538. The lowest BCUT2D eigenvalue weighted by molar-refractivity contribution is 0.635. The average molecular weight is 330 g/mol. The molecule has 0 atom stereocenters. The van der Waals surface area contributed by atoms with Crippen LogP contribution in [0.25, 0.3) is 16.2 Å². The molecule has 0 fully saturated rings. The van der Waals surface area contributed by atoms with Gasteiger partial charge in [-0.1, -0.05) is 74.5 Å². The van der Waals surface area contributed by atoms with Gasteiger partial charge in [0.25, 0.3) is 0 Å². The van der Waals surface area contributed by atoms with Crippen molar-refractivity contribution in [2.24, 2.45) is 0 Å². The number of aryl methyl sites for hydroxylation is 1. The highest BCUT2D eigenvalue weighted by Gasteiger charge is 2.27. The number of thiophene rings is 1. The highest BCUT2D eigenvalue weighted by atomic mass is 32.1. The fourth-order valence-electron chi connectivity index (χ4n) is 3.59. The Balaban J connectivity index is 2.01. The van der Waals surface area contributed by atoms with Crippen molar-refractivity contribution in [2.75, 3.05) is 0 Å². The van der Waals surface area contributed by atoms with Crippen LogP contribution in [0.5, 0.6) is 0 Å². The zero-order valence-corrected chi connectivity index (χ0v) is 15.3.